The van der Waals surface area contributed by atoms with Crippen LogP contribution in [0.25, 0.3) is 21.8 Å². The molecule has 2 atom stereocenters. The molecule has 12 nitrogen and oxygen atoms in total. The predicted octanol–water partition coefficient (Wildman–Crippen LogP) is 6.70. The third kappa shape index (κ3) is 13.1. The van der Waals surface area contributed by atoms with Crippen LogP contribution >= 0.6 is 0 Å². The number of fused-ring (bicyclic) bond motifs is 2. The molecule has 0 saturated heterocycles. The molecule has 2 aromatic heterocycles. The first-order chi connectivity index (χ1) is 23.5. The minimum atomic E-state index is -0.608. The molecule has 2 aromatic carbocycles. The number of carbonyl (C=O) groups is 3. The number of alkyl carbamates (subject to hydrolysis) is 3. The van der Waals surface area contributed by atoms with E-state index >= 15 is 0 Å². The van der Waals surface area contributed by atoms with Gasteiger partial charge in [-0.05, 0) is 104 Å². The van der Waals surface area contributed by atoms with E-state index in [-0.39, 0.29) is 25.2 Å². The van der Waals surface area contributed by atoms with Crippen LogP contribution in [0.5, 0.6) is 0 Å². The molecular weight excluding hydrogens is 636 g/mol. The maximum absolute atomic E-state index is 12.2. The number of aryl methyl sites for hydroxylation is 2. The Morgan fingerprint density at radius 3 is 1.68 bits per heavy atom. The van der Waals surface area contributed by atoms with Crippen LogP contribution in [0, 0.1) is 13.8 Å². The number of ether oxygens (including phenoxy) is 3. The molecule has 0 aliphatic rings. The minimum absolute atomic E-state index is 0.123. The second kappa shape index (κ2) is 17.6. The molecule has 4 aromatic rings. The Labute approximate surface area is 294 Å². The number of amides is 3. The fourth-order valence-electron chi connectivity index (χ4n) is 5.16. The van der Waals surface area contributed by atoms with Crippen LogP contribution in [0.2, 0.25) is 0 Å². The standard InChI is InChI=1S/C21H29N3O4.C17H25N3O2/c1-6-9-27-19(25)23-13-16(24-20(26)28-21(3,4)5)11-15-12-22-18-8-7-14(2)10-17(15)18;1-11-5-6-15-14(7-11)12(10-19-15)8-13(9-18)20-16(21)22-17(2,3)4/h6-8,10,12,16,22H,1,9,11,13H2,2-5H3,(H,23,25)(H,24,26);5-7,10,13,19H,8-9,18H2,1-4H3,(H,20,21)/t16-;13-/m11/s1. The molecule has 0 aliphatic carbocycles. The van der Waals surface area contributed by atoms with Crippen molar-refractivity contribution in [1.82, 2.24) is 25.9 Å². The lowest BCUT2D eigenvalue weighted by Gasteiger charge is -2.24. The van der Waals surface area contributed by atoms with Crippen molar-refractivity contribution >= 4 is 40.1 Å². The zero-order valence-electron chi connectivity index (χ0n) is 30.6. The largest absolute Gasteiger partial charge is 0.445 e. The van der Waals surface area contributed by atoms with E-state index in [1.807, 2.05) is 52.2 Å². The van der Waals surface area contributed by atoms with E-state index in [1.54, 1.807) is 20.8 Å². The molecule has 0 spiro atoms. The highest BCUT2D eigenvalue weighted by Gasteiger charge is 2.22. The number of aromatic nitrogens is 2. The summed E-state index contributed by atoms with van der Waals surface area (Å²) in [6.07, 6.45) is 5.04. The van der Waals surface area contributed by atoms with Crippen molar-refractivity contribution in [3.05, 3.63) is 83.7 Å². The van der Waals surface area contributed by atoms with Crippen LogP contribution in [0.15, 0.2) is 61.4 Å². The number of carbonyl (C=O) groups excluding carboxylic acids is 3. The summed E-state index contributed by atoms with van der Waals surface area (Å²) in [4.78, 5) is 42.3. The minimum Gasteiger partial charge on any atom is -0.445 e. The average Bonchev–Trinajstić information content (AvgIpc) is 3.59. The molecule has 2 heterocycles. The van der Waals surface area contributed by atoms with Crippen LogP contribution in [0.3, 0.4) is 0 Å². The molecular formula is C38H54N6O6. The fraction of sp³-hybridized carbons (Fsp3) is 0.447. The second-order valence-corrected chi connectivity index (χ2v) is 14.3. The summed E-state index contributed by atoms with van der Waals surface area (Å²) in [5.41, 5.74) is 11.3. The molecule has 4 rings (SSSR count). The summed E-state index contributed by atoms with van der Waals surface area (Å²) in [5, 5.41) is 10.6. The Kier molecular flexibility index (Phi) is 13.9. The molecule has 0 saturated carbocycles. The van der Waals surface area contributed by atoms with Crippen molar-refractivity contribution in [3.8, 4) is 0 Å². The number of hydrogen-bond donors (Lipinski definition) is 6. The highest BCUT2D eigenvalue weighted by atomic mass is 16.6. The Bertz CT molecular complexity index is 1750. The van der Waals surface area contributed by atoms with Gasteiger partial charge in [0.15, 0.2) is 0 Å². The van der Waals surface area contributed by atoms with E-state index in [2.05, 4.69) is 63.7 Å². The second-order valence-electron chi connectivity index (χ2n) is 14.3. The van der Waals surface area contributed by atoms with Crippen molar-refractivity contribution < 1.29 is 28.6 Å². The Morgan fingerprint density at radius 2 is 1.24 bits per heavy atom. The Balaban J connectivity index is 0.000000278. The van der Waals surface area contributed by atoms with Gasteiger partial charge in [-0.3, -0.25) is 0 Å². The van der Waals surface area contributed by atoms with Gasteiger partial charge in [-0.15, -0.1) is 0 Å². The average molecular weight is 691 g/mol. The van der Waals surface area contributed by atoms with Gasteiger partial charge in [0.2, 0.25) is 0 Å². The van der Waals surface area contributed by atoms with Gasteiger partial charge in [-0.1, -0.05) is 35.9 Å². The zero-order chi connectivity index (χ0) is 37.1. The third-order valence-electron chi connectivity index (χ3n) is 7.33. The van der Waals surface area contributed by atoms with Gasteiger partial charge in [0.05, 0.1) is 6.04 Å². The van der Waals surface area contributed by atoms with Crippen LogP contribution < -0.4 is 21.7 Å². The van der Waals surface area contributed by atoms with Crippen LogP contribution in [0.4, 0.5) is 14.4 Å². The van der Waals surface area contributed by atoms with Crippen LogP contribution in [0.1, 0.15) is 63.8 Å². The van der Waals surface area contributed by atoms with Crippen LogP contribution in [-0.2, 0) is 27.1 Å². The summed E-state index contributed by atoms with van der Waals surface area (Å²) in [6.45, 7) is 19.2. The molecule has 0 unspecified atom stereocenters. The maximum atomic E-state index is 12.2. The molecule has 0 aliphatic heterocycles. The smallest absolute Gasteiger partial charge is 0.407 e. The van der Waals surface area contributed by atoms with Gasteiger partial charge in [0.25, 0.3) is 0 Å². The van der Waals surface area contributed by atoms with Crippen molar-refractivity contribution in [2.75, 3.05) is 19.7 Å². The molecule has 0 fully saturated rings. The molecule has 3 amide bonds. The first kappa shape index (κ1) is 39.5. The van der Waals surface area contributed by atoms with Crippen molar-refractivity contribution in [2.45, 2.75) is 91.5 Å². The molecule has 50 heavy (non-hydrogen) atoms. The van der Waals surface area contributed by atoms with E-state index in [1.165, 1.54) is 17.0 Å². The van der Waals surface area contributed by atoms with Crippen molar-refractivity contribution in [2.24, 2.45) is 5.73 Å². The SMILES string of the molecule is C=CCOC(=O)NC[C@@H](Cc1c[nH]c2ccc(C)cc12)NC(=O)OC(C)(C)C.Cc1ccc2[nH]cc(C[C@H](CN)NC(=O)OC(C)(C)C)c2c1. The number of hydrogen-bond acceptors (Lipinski definition) is 7. The topological polar surface area (TPSA) is 173 Å². The number of nitrogens with one attached hydrogen (secondary N) is 5. The third-order valence-corrected chi connectivity index (χ3v) is 7.33. The lowest BCUT2D eigenvalue weighted by Crippen LogP contribution is -2.46. The van der Waals surface area contributed by atoms with Gasteiger partial charge in [-0.25, -0.2) is 14.4 Å². The number of benzene rings is 2. The normalized spacial score (nSPS) is 12.7. The first-order valence-electron chi connectivity index (χ1n) is 16.8. The summed E-state index contributed by atoms with van der Waals surface area (Å²) in [7, 11) is 0. The van der Waals surface area contributed by atoms with Crippen LogP contribution in [-0.4, -0.2) is 71.2 Å². The number of H-pyrrole nitrogens is 2. The summed E-state index contributed by atoms with van der Waals surface area (Å²) < 4.78 is 15.6. The maximum Gasteiger partial charge on any atom is 0.407 e. The Morgan fingerprint density at radius 1 is 0.780 bits per heavy atom. The fourth-order valence-corrected chi connectivity index (χ4v) is 5.16. The summed E-state index contributed by atoms with van der Waals surface area (Å²) in [5.74, 6) is 0. The van der Waals surface area contributed by atoms with Gasteiger partial charge in [-0.2, -0.15) is 0 Å². The van der Waals surface area contributed by atoms with Crippen molar-refractivity contribution in [1.29, 1.82) is 0 Å². The molecule has 7 N–H and O–H groups in total. The van der Waals surface area contributed by atoms with E-state index in [4.69, 9.17) is 19.9 Å². The first-order valence-corrected chi connectivity index (χ1v) is 16.8. The number of nitrogens with two attached hydrogens (primary N) is 1. The van der Waals surface area contributed by atoms with Gasteiger partial charge >= 0.3 is 18.3 Å². The number of aromatic amines is 2. The van der Waals surface area contributed by atoms with Gasteiger partial charge in [0, 0.05) is 53.3 Å². The zero-order valence-corrected chi connectivity index (χ0v) is 30.6. The van der Waals surface area contributed by atoms with Crippen molar-refractivity contribution in [3.63, 3.8) is 0 Å². The lowest BCUT2D eigenvalue weighted by molar-refractivity contribution is 0.0492. The van der Waals surface area contributed by atoms with E-state index in [0.717, 1.165) is 33.1 Å². The van der Waals surface area contributed by atoms with E-state index in [0.29, 0.717) is 19.4 Å². The summed E-state index contributed by atoms with van der Waals surface area (Å²) in [6, 6.07) is 11.9. The van der Waals surface area contributed by atoms with E-state index in [9.17, 15) is 14.4 Å². The highest BCUT2D eigenvalue weighted by molar-refractivity contribution is 5.85. The number of rotatable bonds is 11. The monoisotopic (exact) mass is 690 g/mol. The highest BCUT2D eigenvalue weighted by Crippen LogP contribution is 2.22. The molecule has 0 bridgehead atoms. The van der Waals surface area contributed by atoms with E-state index < -0.39 is 29.5 Å². The molecule has 12 heteroatoms. The summed E-state index contributed by atoms with van der Waals surface area (Å²) >= 11 is 0. The molecule has 0 radical (unpaired) electrons. The Hall–Kier alpha value is -4.97. The van der Waals surface area contributed by atoms with Gasteiger partial charge < -0.3 is 45.9 Å². The quantitative estimate of drug-likeness (QED) is 0.0751. The molecule has 272 valence electrons. The predicted molar refractivity (Wildman–Crippen MR) is 198 cm³/mol. The van der Waals surface area contributed by atoms with Gasteiger partial charge in [0.1, 0.15) is 17.8 Å². The lowest BCUT2D eigenvalue weighted by atomic mass is 10.0.